The number of anilines is 1. The lowest BCUT2D eigenvalue weighted by atomic mass is 9.78. The van der Waals surface area contributed by atoms with Gasteiger partial charge in [0.25, 0.3) is 0 Å². The molecule has 1 unspecified atom stereocenters. The van der Waals surface area contributed by atoms with Crippen LogP contribution in [-0.4, -0.2) is 18.2 Å². The largest absolute Gasteiger partial charge is 0.382 e. The number of aryl methyl sites for hydroxylation is 1. The van der Waals surface area contributed by atoms with Gasteiger partial charge in [0.15, 0.2) is 0 Å². The van der Waals surface area contributed by atoms with Gasteiger partial charge in [-0.05, 0) is 56.4 Å². The third-order valence-corrected chi connectivity index (χ3v) is 4.67. The van der Waals surface area contributed by atoms with E-state index in [2.05, 4.69) is 5.32 Å². The van der Waals surface area contributed by atoms with E-state index in [9.17, 15) is 4.39 Å². The molecule has 1 aromatic rings. The van der Waals surface area contributed by atoms with Gasteiger partial charge in [-0.15, -0.1) is 0 Å². The average molecular weight is 277 g/mol. The molecule has 1 spiro atoms. The van der Waals surface area contributed by atoms with Crippen molar-refractivity contribution in [3.63, 3.8) is 0 Å². The number of nitrogens with one attached hydrogen (secondary N) is 1. The van der Waals surface area contributed by atoms with Crippen LogP contribution in [0.25, 0.3) is 0 Å². The van der Waals surface area contributed by atoms with E-state index in [-0.39, 0.29) is 11.4 Å². The fourth-order valence-corrected chi connectivity index (χ4v) is 3.75. The van der Waals surface area contributed by atoms with Crippen molar-refractivity contribution >= 4 is 5.69 Å². The van der Waals surface area contributed by atoms with E-state index < -0.39 is 0 Å². The Kier molecular flexibility index (Phi) is 3.97. The number of benzene rings is 1. The van der Waals surface area contributed by atoms with Gasteiger partial charge in [-0.3, -0.25) is 0 Å². The molecule has 1 aromatic carbocycles. The smallest absolute Gasteiger partial charge is 0.125 e. The zero-order valence-corrected chi connectivity index (χ0v) is 12.3. The molecule has 1 atom stereocenters. The summed E-state index contributed by atoms with van der Waals surface area (Å²) in [5, 5.41) is 3.51. The zero-order chi connectivity index (χ0) is 14.0. The van der Waals surface area contributed by atoms with Gasteiger partial charge >= 0.3 is 0 Å². The van der Waals surface area contributed by atoms with Crippen LogP contribution in [0, 0.1) is 12.7 Å². The summed E-state index contributed by atoms with van der Waals surface area (Å²) in [7, 11) is 0. The Morgan fingerprint density at radius 2 is 2.00 bits per heavy atom. The van der Waals surface area contributed by atoms with Crippen molar-refractivity contribution in [1.82, 2.24) is 0 Å². The summed E-state index contributed by atoms with van der Waals surface area (Å²) < 4.78 is 19.6. The minimum absolute atomic E-state index is 0.0938. The van der Waals surface area contributed by atoms with Crippen molar-refractivity contribution in [3.8, 4) is 0 Å². The van der Waals surface area contributed by atoms with Crippen LogP contribution in [0.15, 0.2) is 18.2 Å². The van der Waals surface area contributed by atoms with Gasteiger partial charge in [0.2, 0.25) is 0 Å². The maximum atomic E-state index is 13.5. The molecular weight excluding hydrogens is 253 g/mol. The van der Waals surface area contributed by atoms with Gasteiger partial charge in [0, 0.05) is 18.3 Å². The first-order valence-corrected chi connectivity index (χ1v) is 7.83. The molecule has 2 fully saturated rings. The molecule has 2 nitrogen and oxygen atoms in total. The normalized spacial score (nSPS) is 25.6. The number of halogens is 1. The van der Waals surface area contributed by atoms with Gasteiger partial charge in [-0.25, -0.2) is 4.39 Å². The van der Waals surface area contributed by atoms with Gasteiger partial charge < -0.3 is 10.1 Å². The van der Waals surface area contributed by atoms with Crippen LogP contribution in [0.2, 0.25) is 0 Å². The second-order valence-electron chi connectivity index (χ2n) is 6.44. The molecule has 2 aliphatic rings. The van der Waals surface area contributed by atoms with Gasteiger partial charge in [0.1, 0.15) is 5.82 Å². The van der Waals surface area contributed by atoms with E-state index in [0.29, 0.717) is 6.04 Å². The molecule has 1 saturated heterocycles. The highest BCUT2D eigenvalue weighted by Gasteiger charge is 2.38. The van der Waals surface area contributed by atoms with Crippen LogP contribution in [0.5, 0.6) is 0 Å². The summed E-state index contributed by atoms with van der Waals surface area (Å²) in [6.45, 7) is 2.76. The lowest BCUT2D eigenvalue weighted by molar-refractivity contribution is -0.103. The molecule has 1 saturated carbocycles. The van der Waals surface area contributed by atoms with Crippen molar-refractivity contribution < 1.29 is 9.13 Å². The molecule has 1 N–H and O–H groups in total. The third-order valence-electron chi connectivity index (χ3n) is 4.67. The second-order valence-corrected chi connectivity index (χ2v) is 6.44. The molecule has 0 aromatic heterocycles. The molecule has 110 valence electrons. The molecule has 3 rings (SSSR count). The predicted molar refractivity (Wildman–Crippen MR) is 79.5 cm³/mol. The summed E-state index contributed by atoms with van der Waals surface area (Å²) in [5.41, 5.74) is 1.96. The first kappa shape index (κ1) is 13.9. The summed E-state index contributed by atoms with van der Waals surface area (Å²) in [4.78, 5) is 0. The summed E-state index contributed by atoms with van der Waals surface area (Å²) in [6.07, 6.45) is 8.35. The molecule has 1 aliphatic carbocycles. The van der Waals surface area contributed by atoms with Crippen LogP contribution in [0.1, 0.15) is 50.5 Å². The van der Waals surface area contributed by atoms with E-state index in [0.717, 1.165) is 30.7 Å². The Balaban J connectivity index is 1.67. The molecule has 1 aliphatic heterocycles. The molecular formula is C17H24FNO. The van der Waals surface area contributed by atoms with Crippen molar-refractivity contribution in [2.75, 3.05) is 11.9 Å². The SMILES string of the molecule is Cc1cc(F)cc(NC2CCOC3(CCCCC3)C2)c1. The van der Waals surface area contributed by atoms with Gasteiger partial charge in [-0.1, -0.05) is 19.3 Å². The zero-order valence-electron chi connectivity index (χ0n) is 12.3. The van der Waals surface area contributed by atoms with E-state index in [1.54, 1.807) is 12.1 Å². The first-order chi connectivity index (χ1) is 9.65. The quantitative estimate of drug-likeness (QED) is 0.863. The van der Waals surface area contributed by atoms with Crippen molar-refractivity contribution in [1.29, 1.82) is 0 Å². The third kappa shape index (κ3) is 3.14. The fraction of sp³-hybridized carbons (Fsp3) is 0.647. The minimum atomic E-state index is -0.160. The van der Waals surface area contributed by atoms with Crippen LogP contribution in [0.3, 0.4) is 0 Å². The van der Waals surface area contributed by atoms with E-state index in [1.165, 1.54) is 32.1 Å². The maximum absolute atomic E-state index is 13.5. The number of ether oxygens (including phenoxy) is 1. The Hall–Kier alpha value is -1.09. The Labute approximate surface area is 120 Å². The summed E-state index contributed by atoms with van der Waals surface area (Å²) in [6, 6.07) is 5.59. The Bertz CT molecular complexity index is 442. The van der Waals surface area contributed by atoms with Crippen LogP contribution in [0.4, 0.5) is 10.1 Å². The van der Waals surface area contributed by atoms with Crippen LogP contribution >= 0.6 is 0 Å². The van der Waals surface area contributed by atoms with Crippen molar-refractivity contribution in [2.24, 2.45) is 0 Å². The monoisotopic (exact) mass is 277 g/mol. The molecule has 0 bridgehead atoms. The van der Waals surface area contributed by atoms with E-state index in [1.807, 2.05) is 13.0 Å². The Morgan fingerprint density at radius 1 is 1.20 bits per heavy atom. The number of hydrogen-bond acceptors (Lipinski definition) is 2. The van der Waals surface area contributed by atoms with Crippen molar-refractivity contribution in [3.05, 3.63) is 29.6 Å². The molecule has 0 amide bonds. The molecule has 0 radical (unpaired) electrons. The Morgan fingerprint density at radius 3 is 2.75 bits per heavy atom. The highest BCUT2D eigenvalue weighted by molar-refractivity contribution is 5.47. The molecule has 20 heavy (non-hydrogen) atoms. The summed E-state index contributed by atoms with van der Waals surface area (Å²) >= 11 is 0. The van der Waals surface area contributed by atoms with Gasteiger partial charge in [0.05, 0.1) is 5.60 Å². The van der Waals surface area contributed by atoms with E-state index in [4.69, 9.17) is 4.74 Å². The number of hydrogen-bond donors (Lipinski definition) is 1. The second kappa shape index (κ2) is 5.72. The molecule has 1 heterocycles. The first-order valence-electron chi connectivity index (χ1n) is 7.83. The van der Waals surface area contributed by atoms with Crippen molar-refractivity contribution in [2.45, 2.75) is 63.5 Å². The van der Waals surface area contributed by atoms with Crippen LogP contribution < -0.4 is 5.32 Å². The fourth-order valence-electron chi connectivity index (χ4n) is 3.75. The highest BCUT2D eigenvalue weighted by Crippen LogP contribution is 2.39. The minimum Gasteiger partial charge on any atom is -0.382 e. The highest BCUT2D eigenvalue weighted by atomic mass is 19.1. The van der Waals surface area contributed by atoms with Crippen LogP contribution in [-0.2, 0) is 4.74 Å². The number of rotatable bonds is 2. The van der Waals surface area contributed by atoms with E-state index >= 15 is 0 Å². The summed E-state index contributed by atoms with van der Waals surface area (Å²) in [5.74, 6) is -0.160. The lowest BCUT2D eigenvalue weighted by Crippen LogP contribution is -2.45. The molecule has 3 heteroatoms. The predicted octanol–water partition coefficient (Wildman–Crippen LogP) is 4.43. The van der Waals surface area contributed by atoms with Gasteiger partial charge in [-0.2, -0.15) is 0 Å². The maximum Gasteiger partial charge on any atom is 0.125 e. The standard InChI is InChI=1S/C17H24FNO/c1-13-9-14(18)11-16(10-13)19-15-5-8-20-17(12-15)6-3-2-4-7-17/h9-11,15,19H,2-8,12H2,1H3. The lowest BCUT2D eigenvalue weighted by Gasteiger charge is -2.44. The average Bonchev–Trinajstić information content (AvgIpc) is 2.38. The topological polar surface area (TPSA) is 21.3 Å².